The van der Waals surface area contributed by atoms with Crippen LogP contribution >= 0.6 is 24.0 Å². The van der Waals surface area contributed by atoms with Gasteiger partial charge in [0.1, 0.15) is 29.8 Å². The molecule has 1 heterocycles. The molecule has 0 spiro atoms. The zero-order chi connectivity index (χ0) is 21.3. The predicted molar refractivity (Wildman–Crippen MR) is 127 cm³/mol. The number of rotatable bonds is 8. The number of guanidine groups is 1. The Morgan fingerprint density at radius 1 is 1.13 bits per heavy atom. The number of aromatic nitrogens is 1. The molecule has 2 aromatic carbocycles. The summed E-state index contributed by atoms with van der Waals surface area (Å²) in [7, 11) is 1.68. The lowest BCUT2D eigenvalue weighted by Crippen LogP contribution is -2.42. The Balaban J connectivity index is 0.00000341. The van der Waals surface area contributed by atoms with Gasteiger partial charge in [-0.25, -0.2) is 13.8 Å². The van der Waals surface area contributed by atoms with E-state index in [1.165, 1.54) is 24.3 Å². The SMILES string of the molecule is CN=C(NCCc1coc(-c2ccc(F)cc2)n1)NCC(C)Oc1cccc(F)c1.I. The molecule has 1 atom stereocenters. The summed E-state index contributed by atoms with van der Waals surface area (Å²) < 4.78 is 37.4. The monoisotopic (exact) mass is 542 g/mol. The maximum absolute atomic E-state index is 13.2. The second kappa shape index (κ2) is 12.2. The Hall–Kier alpha value is -2.69. The van der Waals surface area contributed by atoms with E-state index in [0.29, 0.717) is 37.1 Å². The van der Waals surface area contributed by atoms with Gasteiger partial charge in [-0.3, -0.25) is 4.99 Å². The molecule has 9 heteroatoms. The third-order valence-corrected chi connectivity index (χ3v) is 4.23. The van der Waals surface area contributed by atoms with E-state index in [1.54, 1.807) is 37.6 Å². The maximum atomic E-state index is 13.2. The van der Waals surface area contributed by atoms with Crippen molar-refractivity contribution in [3.8, 4) is 17.2 Å². The van der Waals surface area contributed by atoms with Gasteiger partial charge in [0, 0.05) is 31.6 Å². The van der Waals surface area contributed by atoms with Crippen molar-refractivity contribution in [2.75, 3.05) is 20.1 Å². The molecular weight excluding hydrogens is 517 g/mol. The van der Waals surface area contributed by atoms with Crippen molar-refractivity contribution in [1.29, 1.82) is 0 Å². The minimum atomic E-state index is -0.333. The molecule has 166 valence electrons. The zero-order valence-corrected chi connectivity index (χ0v) is 19.6. The minimum Gasteiger partial charge on any atom is -0.489 e. The van der Waals surface area contributed by atoms with Crippen LogP contribution in [0.5, 0.6) is 5.75 Å². The molecule has 1 unspecified atom stereocenters. The van der Waals surface area contributed by atoms with Crippen LogP contribution in [0.3, 0.4) is 0 Å². The summed E-state index contributed by atoms with van der Waals surface area (Å²) in [5.41, 5.74) is 1.50. The predicted octanol–water partition coefficient (Wildman–Crippen LogP) is 4.41. The first kappa shape index (κ1) is 24.6. The third kappa shape index (κ3) is 7.82. The van der Waals surface area contributed by atoms with E-state index >= 15 is 0 Å². The van der Waals surface area contributed by atoms with Gasteiger partial charge in [0.2, 0.25) is 5.89 Å². The molecule has 0 aliphatic heterocycles. The summed E-state index contributed by atoms with van der Waals surface area (Å²) in [5, 5.41) is 6.36. The second-order valence-corrected chi connectivity index (χ2v) is 6.67. The number of hydrogen-bond donors (Lipinski definition) is 2. The number of hydrogen-bond acceptors (Lipinski definition) is 4. The van der Waals surface area contributed by atoms with Crippen LogP contribution in [-0.2, 0) is 6.42 Å². The number of oxazole rings is 1. The maximum Gasteiger partial charge on any atom is 0.226 e. The molecule has 0 saturated heterocycles. The summed E-state index contributed by atoms with van der Waals surface area (Å²) >= 11 is 0. The van der Waals surface area contributed by atoms with E-state index in [4.69, 9.17) is 9.15 Å². The standard InChI is InChI=1S/C22H24F2N4O2.HI/c1-15(30-20-5-3-4-18(24)12-20)13-27-22(25-2)26-11-10-19-14-29-21(28-19)16-6-8-17(23)9-7-16;/h3-9,12,14-15H,10-11,13H2,1-2H3,(H2,25,26,27);1H. The van der Waals surface area contributed by atoms with Crippen LogP contribution in [0.2, 0.25) is 0 Å². The van der Waals surface area contributed by atoms with E-state index in [-0.39, 0.29) is 41.7 Å². The highest BCUT2D eigenvalue weighted by atomic mass is 127. The largest absolute Gasteiger partial charge is 0.489 e. The van der Waals surface area contributed by atoms with Crippen LogP contribution in [-0.4, -0.2) is 37.2 Å². The molecule has 0 aliphatic carbocycles. The number of benzene rings is 2. The van der Waals surface area contributed by atoms with Crippen molar-refractivity contribution in [2.24, 2.45) is 4.99 Å². The average Bonchev–Trinajstić information content (AvgIpc) is 3.20. The van der Waals surface area contributed by atoms with Gasteiger partial charge in [-0.05, 0) is 43.3 Å². The van der Waals surface area contributed by atoms with Gasteiger partial charge >= 0.3 is 0 Å². The highest BCUT2D eigenvalue weighted by molar-refractivity contribution is 14.0. The van der Waals surface area contributed by atoms with Gasteiger partial charge in [0.05, 0.1) is 12.2 Å². The number of nitrogens with one attached hydrogen (secondary N) is 2. The summed E-state index contributed by atoms with van der Waals surface area (Å²) in [6.07, 6.45) is 2.03. The van der Waals surface area contributed by atoms with Crippen LogP contribution < -0.4 is 15.4 Å². The smallest absolute Gasteiger partial charge is 0.226 e. The van der Waals surface area contributed by atoms with Gasteiger partial charge in [-0.2, -0.15) is 0 Å². The molecule has 0 saturated carbocycles. The summed E-state index contributed by atoms with van der Waals surface area (Å²) in [4.78, 5) is 8.59. The lowest BCUT2D eigenvalue weighted by atomic mass is 10.2. The van der Waals surface area contributed by atoms with Crippen molar-refractivity contribution in [3.05, 3.63) is 72.1 Å². The quantitative estimate of drug-likeness (QED) is 0.251. The van der Waals surface area contributed by atoms with Crippen molar-refractivity contribution in [3.63, 3.8) is 0 Å². The molecule has 6 nitrogen and oxygen atoms in total. The van der Waals surface area contributed by atoms with E-state index in [1.807, 2.05) is 6.92 Å². The third-order valence-electron chi connectivity index (χ3n) is 4.23. The molecule has 0 radical (unpaired) electrons. The fourth-order valence-electron chi connectivity index (χ4n) is 2.73. The van der Waals surface area contributed by atoms with Gasteiger partial charge < -0.3 is 19.8 Å². The van der Waals surface area contributed by atoms with Crippen molar-refractivity contribution in [2.45, 2.75) is 19.4 Å². The number of nitrogens with zero attached hydrogens (tertiary/aromatic N) is 2. The molecule has 0 aliphatic rings. The fourth-order valence-corrected chi connectivity index (χ4v) is 2.73. The number of ether oxygens (including phenoxy) is 1. The second-order valence-electron chi connectivity index (χ2n) is 6.67. The summed E-state index contributed by atoms with van der Waals surface area (Å²) in [6, 6.07) is 12.0. The lowest BCUT2D eigenvalue weighted by Gasteiger charge is -2.17. The Morgan fingerprint density at radius 3 is 2.61 bits per heavy atom. The Bertz CT molecular complexity index is 980. The Kier molecular flexibility index (Phi) is 9.70. The fraction of sp³-hybridized carbons (Fsp3) is 0.273. The molecule has 1 aromatic heterocycles. The summed E-state index contributed by atoms with van der Waals surface area (Å²) in [6.45, 7) is 2.97. The van der Waals surface area contributed by atoms with Crippen LogP contribution in [0.15, 0.2) is 64.2 Å². The van der Waals surface area contributed by atoms with Gasteiger partial charge in [0.15, 0.2) is 5.96 Å². The van der Waals surface area contributed by atoms with E-state index in [9.17, 15) is 8.78 Å². The highest BCUT2D eigenvalue weighted by Crippen LogP contribution is 2.19. The normalized spacial score (nSPS) is 12.1. The van der Waals surface area contributed by atoms with Crippen LogP contribution in [0.4, 0.5) is 8.78 Å². The molecule has 31 heavy (non-hydrogen) atoms. The number of aliphatic imine (C=N–C) groups is 1. The van der Waals surface area contributed by atoms with Gasteiger partial charge in [-0.1, -0.05) is 6.07 Å². The first-order valence-electron chi connectivity index (χ1n) is 9.60. The molecule has 2 N–H and O–H groups in total. The Labute approximate surface area is 197 Å². The van der Waals surface area contributed by atoms with Crippen LogP contribution in [0, 0.1) is 11.6 Å². The number of halogens is 3. The lowest BCUT2D eigenvalue weighted by molar-refractivity contribution is 0.223. The van der Waals surface area contributed by atoms with Crippen molar-refractivity contribution < 1.29 is 17.9 Å². The van der Waals surface area contributed by atoms with E-state index in [2.05, 4.69) is 20.6 Å². The average molecular weight is 542 g/mol. The van der Waals surface area contributed by atoms with Gasteiger partial charge in [-0.15, -0.1) is 24.0 Å². The molecular formula is C22H25F2IN4O2. The van der Waals surface area contributed by atoms with Crippen LogP contribution in [0.25, 0.3) is 11.5 Å². The summed E-state index contributed by atoms with van der Waals surface area (Å²) in [5.74, 6) is 0.919. The minimum absolute atomic E-state index is 0. The van der Waals surface area contributed by atoms with Crippen molar-refractivity contribution >= 4 is 29.9 Å². The topological polar surface area (TPSA) is 71.7 Å². The van der Waals surface area contributed by atoms with Gasteiger partial charge in [0.25, 0.3) is 0 Å². The van der Waals surface area contributed by atoms with Crippen LogP contribution in [0.1, 0.15) is 12.6 Å². The molecule has 0 bridgehead atoms. The molecule has 0 amide bonds. The molecule has 0 fully saturated rings. The van der Waals surface area contributed by atoms with E-state index in [0.717, 1.165) is 11.3 Å². The van der Waals surface area contributed by atoms with E-state index < -0.39 is 0 Å². The highest BCUT2D eigenvalue weighted by Gasteiger charge is 2.09. The first-order valence-corrected chi connectivity index (χ1v) is 9.60. The Morgan fingerprint density at radius 2 is 1.90 bits per heavy atom. The molecule has 3 aromatic rings. The zero-order valence-electron chi connectivity index (χ0n) is 17.3. The van der Waals surface area contributed by atoms with Crippen molar-refractivity contribution in [1.82, 2.24) is 15.6 Å². The molecule has 3 rings (SSSR count). The first-order chi connectivity index (χ1) is 14.5.